The van der Waals surface area contributed by atoms with E-state index in [4.69, 9.17) is 35.8 Å². The Bertz CT molecular complexity index is 2570. The largest absolute Gasteiger partial charge is 0.491 e. The number of rotatable bonds is 15. The van der Waals surface area contributed by atoms with E-state index in [-0.39, 0.29) is 24.8 Å². The number of aromatic nitrogens is 4. The average Bonchev–Trinajstić information content (AvgIpc) is 3.64. The summed E-state index contributed by atoms with van der Waals surface area (Å²) in [6, 6.07) is 20.6. The number of ether oxygens (including phenoxy) is 3. The highest BCUT2D eigenvalue weighted by molar-refractivity contribution is 7.13. The molecule has 1 saturated heterocycles. The molecule has 0 radical (unpaired) electrons. The number of aryl methyl sites for hydroxylation is 1. The maximum atomic E-state index is 12.9. The summed E-state index contributed by atoms with van der Waals surface area (Å²) in [5.41, 5.74) is 7.13. The lowest BCUT2D eigenvalue weighted by molar-refractivity contribution is -0.145. The van der Waals surface area contributed by atoms with Gasteiger partial charge in [-0.05, 0) is 104 Å². The molecule has 0 amide bonds. The highest BCUT2D eigenvalue weighted by atomic mass is 35.5. The van der Waals surface area contributed by atoms with E-state index in [1.165, 1.54) is 11.5 Å². The number of hydrogen-bond acceptors (Lipinski definition) is 12. The third kappa shape index (κ3) is 8.93. The molecule has 4 heterocycles. The van der Waals surface area contributed by atoms with Crippen LogP contribution in [0.5, 0.6) is 17.4 Å². The Morgan fingerprint density at radius 2 is 1.82 bits per heavy atom. The van der Waals surface area contributed by atoms with E-state index in [0.717, 1.165) is 95.6 Å². The second kappa shape index (κ2) is 18.3. The van der Waals surface area contributed by atoms with Crippen molar-refractivity contribution in [2.45, 2.75) is 58.2 Å². The first kappa shape index (κ1) is 41.1. The molecule has 6 aromatic rings. The zero-order valence-corrected chi connectivity index (χ0v) is 35.4. The Balaban J connectivity index is 1.04. The molecule has 2 fully saturated rings. The van der Waals surface area contributed by atoms with Crippen molar-refractivity contribution >= 4 is 39.2 Å². The first-order valence-corrected chi connectivity index (χ1v) is 21.4. The fraction of sp³-hybridized carbons (Fsp3) is 0.348. The number of carboxylic acid groups (broad SMARTS) is 1. The van der Waals surface area contributed by atoms with E-state index >= 15 is 0 Å². The van der Waals surface area contributed by atoms with Gasteiger partial charge in [0.1, 0.15) is 24.7 Å². The zero-order chi connectivity index (χ0) is 41.8. The number of aliphatic carboxylic acids is 1. The van der Waals surface area contributed by atoms with Crippen LogP contribution in [-0.4, -0.2) is 92.7 Å². The number of carbonyl (C=O) groups is 1. The number of halogens is 1. The molecule has 1 atom stereocenters. The Kier molecular flexibility index (Phi) is 12.5. The highest BCUT2D eigenvalue weighted by Crippen LogP contribution is 2.48. The lowest BCUT2D eigenvalue weighted by Gasteiger charge is -2.32. The summed E-state index contributed by atoms with van der Waals surface area (Å²) >= 11 is 8.30. The minimum Gasteiger partial charge on any atom is -0.491 e. The van der Waals surface area contributed by atoms with Crippen molar-refractivity contribution in [2.24, 2.45) is 0 Å². The van der Waals surface area contributed by atoms with Gasteiger partial charge in [-0.3, -0.25) is 9.88 Å². The van der Waals surface area contributed by atoms with E-state index in [0.29, 0.717) is 45.8 Å². The average molecular weight is 844 g/mol. The zero-order valence-electron chi connectivity index (χ0n) is 33.9. The lowest BCUT2D eigenvalue weighted by Crippen LogP contribution is -2.45. The number of pyridine rings is 1. The van der Waals surface area contributed by atoms with Crippen LogP contribution in [-0.2, 0) is 17.8 Å². The van der Waals surface area contributed by atoms with Gasteiger partial charge < -0.3 is 24.2 Å². The van der Waals surface area contributed by atoms with Crippen LogP contribution in [0.3, 0.4) is 0 Å². The molecular weight excluding hydrogens is 798 g/mol. The topological polar surface area (TPSA) is 147 Å². The van der Waals surface area contributed by atoms with Gasteiger partial charge in [0.05, 0.1) is 38.1 Å². The van der Waals surface area contributed by atoms with E-state index in [1.807, 2.05) is 56.4 Å². The minimum absolute atomic E-state index is 0.0188. The fourth-order valence-electron chi connectivity index (χ4n) is 7.74. The third-order valence-electron chi connectivity index (χ3n) is 11.5. The first-order valence-electron chi connectivity index (χ1n) is 20.2. The molecule has 0 bridgehead atoms. The van der Waals surface area contributed by atoms with Crippen molar-refractivity contribution in [3.63, 3.8) is 0 Å². The van der Waals surface area contributed by atoms with Crippen LogP contribution in [0.1, 0.15) is 58.8 Å². The molecular formula is C46H46ClN7O5S. The van der Waals surface area contributed by atoms with Gasteiger partial charge in [-0.15, -0.1) is 0 Å². The van der Waals surface area contributed by atoms with E-state index in [2.05, 4.69) is 32.3 Å². The van der Waals surface area contributed by atoms with Crippen LogP contribution >= 0.6 is 23.1 Å². The molecule has 60 heavy (non-hydrogen) atoms. The summed E-state index contributed by atoms with van der Waals surface area (Å²) in [5, 5.41) is 21.1. The van der Waals surface area contributed by atoms with Gasteiger partial charge in [-0.2, -0.15) is 9.64 Å². The summed E-state index contributed by atoms with van der Waals surface area (Å²) in [6.07, 6.45) is 5.38. The van der Waals surface area contributed by atoms with Crippen molar-refractivity contribution in [1.29, 1.82) is 5.26 Å². The lowest BCUT2D eigenvalue weighted by atomic mass is 9.79. The smallest absolute Gasteiger partial charge is 0.345 e. The van der Waals surface area contributed by atoms with Gasteiger partial charge >= 0.3 is 5.97 Å². The van der Waals surface area contributed by atoms with Crippen molar-refractivity contribution in [3.8, 4) is 46.0 Å². The molecule has 2 aliphatic rings. The van der Waals surface area contributed by atoms with E-state index in [9.17, 15) is 15.2 Å². The molecule has 308 valence electrons. The van der Waals surface area contributed by atoms with Gasteiger partial charge in [0, 0.05) is 68.6 Å². The number of likely N-dealkylation sites (N-methyl/N-ethyl adjacent to an activating group) is 1. The molecule has 12 nitrogen and oxygen atoms in total. The number of benzene rings is 3. The second-order valence-electron chi connectivity index (χ2n) is 15.5. The molecule has 8 rings (SSSR count). The van der Waals surface area contributed by atoms with Crippen LogP contribution in [0.25, 0.3) is 32.6 Å². The summed E-state index contributed by atoms with van der Waals surface area (Å²) in [5.74, 6) is 1.04. The van der Waals surface area contributed by atoms with Crippen LogP contribution in [0.2, 0.25) is 5.02 Å². The first-order chi connectivity index (χ1) is 29.2. The second-order valence-corrected chi connectivity index (χ2v) is 16.7. The summed E-state index contributed by atoms with van der Waals surface area (Å²) < 4.78 is 24.4. The summed E-state index contributed by atoms with van der Waals surface area (Å²) in [7, 11) is 2.15. The molecule has 3 aromatic heterocycles. The number of fused-ring (bicyclic) bond motifs is 1. The standard InChI is InChI=1S/C46H46ClN7O5S/c1-28-23-30(25-48)11-12-34(28)44-49-16-15-33(51-44)27-58-36-10-5-4-7-32(36)24-38(46(55)56)59-45-41-39(60-52-45)26-50-43(31-8-6-9-31)40(41)35-13-14-37(42(47)29(35)2)57-22-21-54-19-17-53(3)18-20-54/h4-5,7,10-16,23,26,31,38H,6,8-9,17-22,24,27H2,1-3H3,(H,55,56)/t38-/m1/s1. The van der Waals surface area contributed by atoms with Crippen molar-refractivity contribution in [3.05, 3.63) is 112 Å². The van der Waals surface area contributed by atoms with Crippen molar-refractivity contribution in [2.75, 3.05) is 46.4 Å². The van der Waals surface area contributed by atoms with Crippen LogP contribution in [0, 0.1) is 25.2 Å². The van der Waals surface area contributed by atoms with Crippen LogP contribution in [0.4, 0.5) is 0 Å². The van der Waals surface area contributed by atoms with Crippen LogP contribution < -0.4 is 14.2 Å². The Morgan fingerprint density at radius 3 is 2.57 bits per heavy atom. The summed E-state index contributed by atoms with van der Waals surface area (Å²) in [4.78, 5) is 31.8. The summed E-state index contributed by atoms with van der Waals surface area (Å²) in [6.45, 7) is 9.51. The predicted molar refractivity (Wildman–Crippen MR) is 232 cm³/mol. The number of piperazine rings is 1. The minimum atomic E-state index is -1.28. The molecule has 3 aromatic carbocycles. The highest BCUT2D eigenvalue weighted by Gasteiger charge is 2.31. The van der Waals surface area contributed by atoms with Gasteiger partial charge in [0.2, 0.25) is 12.0 Å². The monoisotopic (exact) mass is 843 g/mol. The third-order valence-corrected chi connectivity index (χ3v) is 12.7. The number of para-hydroxylation sites is 1. The predicted octanol–water partition coefficient (Wildman–Crippen LogP) is 8.50. The van der Waals surface area contributed by atoms with E-state index in [1.54, 1.807) is 30.5 Å². The SMILES string of the molecule is Cc1cc(C#N)ccc1-c1nccc(COc2ccccc2C[C@@H](Oc2nsc3cnc(C4CCC4)c(-c4ccc(OCCN5CCN(C)CC5)c(Cl)c4C)c23)C(=O)O)n1. The molecule has 1 N–H and O–H groups in total. The Hall–Kier alpha value is -5.65. The molecule has 14 heteroatoms. The normalized spacial score (nSPS) is 15.3. The molecule has 0 spiro atoms. The van der Waals surface area contributed by atoms with Gasteiger partial charge in [-0.1, -0.05) is 42.3 Å². The van der Waals surface area contributed by atoms with Gasteiger partial charge in [0.25, 0.3) is 0 Å². The molecule has 1 aliphatic heterocycles. The van der Waals surface area contributed by atoms with Gasteiger partial charge in [0.15, 0.2) is 5.82 Å². The number of carboxylic acids is 1. The number of nitriles is 1. The quantitative estimate of drug-likeness (QED) is 0.106. The number of hydrogen-bond donors (Lipinski definition) is 1. The van der Waals surface area contributed by atoms with E-state index < -0.39 is 12.1 Å². The van der Waals surface area contributed by atoms with Gasteiger partial charge in [-0.25, -0.2) is 14.8 Å². The van der Waals surface area contributed by atoms with Crippen molar-refractivity contribution in [1.82, 2.24) is 29.1 Å². The number of nitrogens with zero attached hydrogens (tertiary/aromatic N) is 7. The maximum absolute atomic E-state index is 12.9. The Morgan fingerprint density at radius 1 is 1.02 bits per heavy atom. The molecule has 1 aliphatic carbocycles. The molecule has 0 unspecified atom stereocenters. The maximum Gasteiger partial charge on any atom is 0.345 e. The van der Waals surface area contributed by atoms with Crippen molar-refractivity contribution < 1.29 is 24.1 Å². The molecule has 1 saturated carbocycles. The Labute approximate surface area is 358 Å². The van der Waals surface area contributed by atoms with Crippen LogP contribution in [0.15, 0.2) is 73.1 Å². The fourth-order valence-corrected chi connectivity index (χ4v) is 8.65.